The van der Waals surface area contributed by atoms with Gasteiger partial charge in [0.2, 0.25) is 0 Å². The first-order chi connectivity index (χ1) is 10.1. The van der Waals surface area contributed by atoms with E-state index < -0.39 is 5.56 Å². The zero-order valence-corrected chi connectivity index (χ0v) is 12.0. The lowest BCUT2D eigenvalue weighted by Crippen LogP contribution is -2.39. The molecule has 0 aliphatic heterocycles. The molecule has 0 unspecified atom stereocenters. The molecule has 1 heterocycles. The molecule has 1 aromatic heterocycles. The molecule has 1 saturated carbocycles. The van der Waals surface area contributed by atoms with E-state index in [1.54, 1.807) is 4.90 Å². The predicted molar refractivity (Wildman–Crippen MR) is 78.3 cm³/mol. The fourth-order valence-electron chi connectivity index (χ4n) is 2.89. The molecule has 1 fully saturated rings. The summed E-state index contributed by atoms with van der Waals surface area (Å²) in [7, 11) is 0. The average Bonchev–Trinajstić information content (AvgIpc) is 2.46. The zero-order chi connectivity index (χ0) is 15.2. The van der Waals surface area contributed by atoms with Gasteiger partial charge >= 0.3 is 0 Å². The number of aliphatic hydroxyl groups excluding tert-OH is 1. The smallest absolute Gasteiger partial charge is 0.270 e. The van der Waals surface area contributed by atoms with Crippen molar-refractivity contribution >= 4 is 5.91 Å². The van der Waals surface area contributed by atoms with E-state index in [0.717, 1.165) is 18.9 Å². The Morgan fingerprint density at radius 3 is 2.62 bits per heavy atom. The van der Waals surface area contributed by atoms with Crippen molar-refractivity contribution in [1.82, 2.24) is 9.88 Å². The molecule has 0 spiro atoms. The summed E-state index contributed by atoms with van der Waals surface area (Å²) in [6, 6.07) is 2.27. The van der Waals surface area contributed by atoms with Crippen LogP contribution in [-0.4, -0.2) is 45.7 Å². The minimum atomic E-state index is -0.514. The quantitative estimate of drug-likeness (QED) is 0.758. The summed E-state index contributed by atoms with van der Waals surface area (Å²) >= 11 is 0. The van der Waals surface area contributed by atoms with Gasteiger partial charge in [0.05, 0.1) is 6.61 Å². The number of aromatic hydroxyl groups is 1. The third-order valence-corrected chi connectivity index (χ3v) is 3.92. The Balaban J connectivity index is 2.12. The number of carbonyl (C=O) groups excluding carboxylic acids is 1. The molecule has 1 aliphatic carbocycles. The van der Waals surface area contributed by atoms with Crippen LogP contribution in [0.25, 0.3) is 0 Å². The summed E-state index contributed by atoms with van der Waals surface area (Å²) in [6.07, 6.45) is 5.77. The zero-order valence-electron chi connectivity index (χ0n) is 12.0. The molecule has 21 heavy (non-hydrogen) atoms. The van der Waals surface area contributed by atoms with Crippen molar-refractivity contribution in [2.24, 2.45) is 5.92 Å². The lowest BCUT2D eigenvalue weighted by molar-refractivity contribution is 0.0668. The average molecular weight is 294 g/mol. The molecule has 3 N–H and O–H groups in total. The van der Waals surface area contributed by atoms with Gasteiger partial charge in [-0.1, -0.05) is 19.3 Å². The molecule has 2 rings (SSSR count). The van der Waals surface area contributed by atoms with Gasteiger partial charge in [0.1, 0.15) is 11.4 Å². The van der Waals surface area contributed by atoms with E-state index in [2.05, 4.69) is 4.98 Å². The van der Waals surface area contributed by atoms with E-state index >= 15 is 0 Å². The highest BCUT2D eigenvalue weighted by Gasteiger charge is 2.22. The highest BCUT2D eigenvalue weighted by molar-refractivity contribution is 5.92. The van der Waals surface area contributed by atoms with Crippen molar-refractivity contribution in [3.05, 3.63) is 28.2 Å². The first-order valence-corrected chi connectivity index (χ1v) is 7.43. The molecular weight excluding hydrogens is 272 g/mol. The molecule has 0 saturated heterocycles. The number of aromatic nitrogens is 1. The molecule has 0 bridgehead atoms. The van der Waals surface area contributed by atoms with Crippen LogP contribution in [0.3, 0.4) is 0 Å². The van der Waals surface area contributed by atoms with Crippen LogP contribution < -0.4 is 5.56 Å². The van der Waals surface area contributed by atoms with Gasteiger partial charge in [-0.15, -0.1) is 0 Å². The van der Waals surface area contributed by atoms with E-state index in [1.165, 1.54) is 25.3 Å². The summed E-state index contributed by atoms with van der Waals surface area (Å²) in [4.78, 5) is 27.8. The molecule has 6 heteroatoms. The third kappa shape index (κ3) is 4.32. The van der Waals surface area contributed by atoms with Gasteiger partial charge in [-0.3, -0.25) is 9.59 Å². The maximum absolute atomic E-state index is 12.4. The minimum Gasteiger partial charge on any atom is -0.508 e. The van der Waals surface area contributed by atoms with Gasteiger partial charge in [-0.05, 0) is 18.8 Å². The lowest BCUT2D eigenvalue weighted by Gasteiger charge is -2.29. The molecule has 6 nitrogen and oxygen atoms in total. The lowest BCUT2D eigenvalue weighted by atomic mass is 9.89. The standard InChI is InChI=1S/C15H22N2O4/c18-7-6-17(10-11-4-2-1-3-5-11)15(21)13-8-12(19)9-14(20)16-13/h8-9,11,18H,1-7,10H2,(H2,16,19,20). The van der Waals surface area contributed by atoms with Crippen LogP contribution in [0.5, 0.6) is 5.75 Å². The maximum atomic E-state index is 12.4. The van der Waals surface area contributed by atoms with Crippen LogP contribution in [0, 0.1) is 5.92 Å². The van der Waals surface area contributed by atoms with Crippen molar-refractivity contribution in [1.29, 1.82) is 0 Å². The summed E-state index contributed by atoms with van der Waals surface area (Å²) in [6.45, 7) is 0.686. The Kier molecular flexibility index (Phi) is 5.38. The molecule has 1 aromatic rings. The largest absolute Gasteiger partial charge is 0.508 e. The number of H-pyrrole nitrogens is 1. The molecule has 0 radical (unpaired) electrons. The number of aliphatic hydroxyl groups is 1. The molecular formula is C15H22N2O4. The van der Waals surface area contributed by atoms with E-state index in [1.807, 2.05) is 0 Å². The maximum Gasteiger partial charge on any atom is 0.270 e. The van der Waals surface area contributed by atoms with E-state index in [4.69, 9.17) is 5.11 Å². The Morgan fingerprint density at radius 1 is 1.29 bits per heavy atom. The van der Waals surface area contributed by atoms with Gasteiger partial charge < -0.3 is 20.1 Å². The van der Waals surface area contributed by atoms with Crippen LogP contribution in [0.15, 0.2) is 16.9 Å². The fourth-order valence-corrected chi connectivity index (χ4v) is 2.89. The molecule has 0 aromatic carbocycles. The summed E-state index contributed by atoms with van der Waals surface area (Å²) in [5, 5.41) is 18.6. The molecule has 1 aliphatic rings. The number of nitrogens with zero attached hydrogens (tertiary/aromatic N) is 1. The second-order valence-corrected chi connectivity index (χ2v) is 5.60. The van der Waals surface area contributed by atoms with E-state index in [-0.39, 0.29) is 30.5 Å². The minimum absolute atomic E-state index is 0.0595. The molecule has 116 valence electrons. The summed E-state index contributed by atoms with van der Waals surface area (Å²) < 4.78 is 0. The van der Waals surface area contributed by atoms with Gasteiger partial charge in [-0.25, -0.2) is 0 Å². The summed E-state index contributed by atoms with van der Waals surface area (Å²) in [5.41, 5.74) is -0.454. The first-order valence-electron chi connectivity index (χ1n) is 7.43. The van der Waals surface area contributed by atoms with Crippen molar-refractivity contribution in [3.63, 3.8) is 0 Å². The van der Waals surface area contributed by atoms with Crippen LogP contribution in [0.1, 0.15) is 42.6 Å². The number of hydrogen-bond donors (Lipinski definition) is 3. The molecule has 0 atom stereocenters. The van der Waals surface area contributed by atoms with Gasteiger partial charge in [-0.2, -0.15) is 0 Å². The van der Waals surface area contributed by atoms with Crippen LogP contribution in [0.4, 0.5) is 0 Å². The predicted octanol–water partition coefficient (Wildman–Crippen LogP) is 1.10. The van der Waals surface area contributed by atoms with Gasteiger partial charge in [0.25, 0.3) is 11.5 Å². The van der Waals surface area contributed by atoms with Gasteiger partial charge in [0, 0.05) is 25.2 Å². The highest BCUT2D eigenvalue weighted by atomic mass is 16.3. The SMILES string of the molecule is O=C(c1cc(O)cc(=O)[nH]1)N(CCO)CC1CCCCC1. The summed E-state index contributed by atoms with van der Waals surface area (Å²) in [5.74, 6) is -0.149. The van der Waals surface area contributed by atoms with Crippen molar-refractivity contribution < 1.29 is 15.0 Å². The van der Waals surface area contributed by atoms with E-state index in [0.29, 0.717) is 12.5 Å². The normalized spacial score (nSPS) is 15.9. The number of carbonyl (C=O) groups is 1. The highest BCUT2D eigenvalue weighted by Crippen LogP contribution is 2.24. The number of pyridine rings is 1. The van der Waals surface area contributed by atoms with Gasteiger partial charge in [0.15, 0.2) is 0 Å². The van der Waals surface area contributed by atoms with Crippen molar-refractivity contribution in [2.75, 3.05) is 19.7 Å². The number of hydrogen-bond acceptors (Lipinski definition) is 4. The topological polar surface area (TPSA) is 93.6 Å². The second kappa shape index (κ2) is 7.26. The number of rotatable bonds is 5. The van der Waals surface area contributed by atoms with Crippen molar-refractivity contribution in [2.45, 2.75) is 32.1 Å². The number of nitrogens with one attached hydrogen (secondary N) is 1. The fraction of sp³-hybridized carbons (Fsp3) is 0.600. The van der Waals surface area contributed by atoms with Crippen LogP contribution in [-0.2, 0) is 0 Å². The third-order valence-electron chi connectivity index (χ3n) is 3.92. The van der Waals surface area contributed by atoms with E-state index in [9.17, 15) is 14.7 Å². The Hall–Kier alpha value is -1.82. The van der Waals surface area contributed by atoms with Crippen LogP contribution >= 0.6 is 0 Å². The number of aromatic amines is 1. The monoisotopic (exact) mass is 294 g/mol. The van der Waals surface area contributed by atoms with Crippen LogP contribution in [0.2, 0.25) is 0 Å². The Morgan fingerprint density at radius 2 is 2.00 bits per heavy atom. The van der Waals surface area contributed by atoms with Crippen molar-refractivity contribution in [3.8, 4) is 5.75 Å². The Labute approximate surface area is 123 Å². The Bertz CT molecular complexity index is 535. The number of amides is 1. The first kappa shape index (κ1) is 15.6. The molecule has 1 amide bonds. The second-order valence-electron chi connectivity index (χ2n) is 5.60.